The first-order valence-electron chi connectivity index (χ1n) is 8.15. The molecule has 0 radical (unpaired) electrons. The Labute approximate surface area is 141 Å². The van der Waals surface area contributed by atoms with Crippen molar-refractivity contribution in [2.75, 3.05) is 39.3 Å². The molecule has 2 aliphatic rings. The topological polar surface area (TPSA) is 69.7 Å². The van der Waals surface area contributed by atoms with Gasteiger partial charge in [0.1, 0.15) is 5.82 Å². The van der Waals surface area contributed by atoms with Crippen LogP contribution in [0.2, 0.25) is 0 Å². The van der Waals surface area contributed by atoms with Gasteiger partial charge in [-0.2, -0.15) is 4.31 Å². The van der Waals surface area contributed by atoms with Crippen molar-refractivity contribution in [2.24, 2.45) is 11.8 Å². The van der Waals surface area contributed by atoms with E-state index in [1.165, 1.54) is 16.4 Å². The fourth-order valence-electron chi connectivity index (χ4n) is 3.06. The summed E-state index contributed by atoms with van der Waals surface area (Å²) >= 11 is 0. The maximum atomic E-state index is 13.0. The summed E-state index contributed by atoms with van der Waals surface area (Å²) in [5.74, 6) is -0.0332. The smallest absolute Gasteiger partial charge is 0.243 e. The van der Waals surface area contributed by atoms with E-state index in [9.17, 15) is 17.6 Å². The number of halogens is 1. The van der Waals surface area contributed by atoms with E-state index in [0.717, 1.165) is 25.2 Å². The van der Waals surface area contributed by atoms with Crippen molar-refractivity contribution < 1.29 is 17.6 Å². The third-order valence-electron chi connectivity index (χ3n) is 4.91. The average Bonchev–Trinajstić information content (AvgIpc) is 2.53. The monoisotopic (exact) mass is 355 g/mol. The van der Waals surface area contributed by atoms with E-state index >= 15 is 0 Å². The third kappa shape index (κ3) is 3.31. The van der Waals surface area contributed by atoms with Gasteiger partial charge in [-0.15, -0.1) is 0 Å². The van der Waals surface area contributed by atoms with Crippen LogP contribution in [0, 0.1) is 17.7 Å². The SMILES string of the molecule is CC(C(=O)N1CCN(S(=O)(=O)c2ccc(F)cc2)CC1)C1CNC1. The molecule has 8 heteroatoms. The second-order valence-electron chi connectivity index (χ2n) is 6.39. The minimum atomic E-state index is -3.64. The Morgan fingerprint density at radius 3 is 2.25 bits per heavy atom. The lowest BCUT2D eigenvalue weighted by molar-refractivity contribution is -0.138. The minimum Gasteiger partial charge on any atom is -0.340 e. The predicted octanol–water partition coefficient (Wildman–Crippen LogP) is 0.514. The molecule has 1 atom stereocenters. The first kappa shape index (κ1) is 17.3. The average molecular weight is 355 g/mol. The van der Waals surface area contributed by atoms with Crippen LogP contribution in [-0.4, -0.2) is 62.8 Å². The number of carbonyl (C=O) groups excluding carboxylic acids is 1. The van der Waals surface area contributed by atoms with E-state index in [1.807, 2.05) is 6.92 Å². The van der Waals surface area contributed by atoms with Gasteiger partial charge in [-0.25, -0.2) is 12.8 Å². The quantitative estimate of drug-likeness (QED) is 0.855. The number of hydrogen-bond acceptors (Lipinski definition) is 4. The highest BCUT2D eigenvalue weighted by molar-refractivity contribution is 7.89. The summed E-state index contributed by atoms with van der Waals surface area (Å²) in [7, 11) is -3.64. The van der Waals surface area contributed by atoms with Gasteiger partial charge >= 0.3 is 0 Å². The Balaban J connectivity index is 1.62. The van der Waals surface area contributed by atoms with Gasteiger partial charge in [0, 0.05) is 32.1 Å². The van der Waals surface area contributed by atoms with Gasteiger partial charge in [-0.3, -0.25) is 4.79 Å². The van der Waals surface area contributed by atoms with Gasteiger partial charge < -0.3 is 10.2 Å². The zero-order chi connectivity index (χ0) is 17.3. The van der Waals surface area contributed by atoms with E-state index < -0.39 is 15.8 Å². The number of nitrogens with zero attached hydrogens (tertiary/aromatic N) is 2. The van der Waals surface area contributed by atoms with Gasteiger partial charge in [-0.05, 0) is 43.3 Å². The highest BCUT2D eigenvalue weighted by Crippen LogP contribution is 2.22. The summed E-state index contributed by atoms with van der Waals surface area (Å²) in [6.45, 7) is 4.99. The molecule has 1 N–H and O–H groups in total. The first-order valence-corrected chi connectivity index (χ1v) is 9.59. The molecule has 0 saturated carbocycles. The predicted molar refractivity (Wildman–Crippen MR) is 87.3 cm³/mol. The Morgan fingerprint density at radius 2 is 1.75 bits per heavy atom. The van der Waals surface area contributed by atoms with Gasteiger partial charge in [0.2, 0.25) is 15.9 Å². The molecule has 1 aromatic carbocycles. The molecule has 0 spiro atoms. The van der Waals surface area contributed by atoms with Crippen LogP contribution in [0.1, 0.15) is 6.92 Å². The van der Waals surface area contributed by atoms with Crippen LogP contribution >= 0.6 is 0 Å². The van der Waals surface area contributed by atoms with Gasteiger partial charge in [0.05, 0.1) is 4.90 Å². The van der Waals surface area contributed by atoms with Crippen molar-refractivity contribution in [3.63, 3.8) is 0 Å². The van der Waals surface area contributed by atoms with E-state index in [2.05, 4.69) is 5.32 Å². The molecule has 24 heavy (non-hydrogen) atoms. The largest absolute Gasteiger partial charge is 0.340 e. The lowest BCUT2D eigenvalue weighted by Crippen LogP contribution is -2.55. The van der Waals surface area contributed by atoms with Crippen LogP contribution in [0.4, 0.5) is 4.39 Å². The van der Waals surface area contributed by atoms with Crippen molar-refractivity contribution in [1.29, 1.82) is 0 Å². The van der Waals surface area contributed by atoms with E-state index in [4.69, 9.17) is 0 Å². The van der Waals surface area contributed by atoms with Crippen molar-refractivity contribution >= 4 is 15.9 Å². The molecule has 0 bridgehead atoms. The number of carbonyl (C=O) groups is 1. The zero-order valence-electron chi connectivity index (χ0n) is 13.6. The second kappa shape index (κ2) is 6.78. The Hall–Kier alpha value is -1.51. The van der Waals surface area contributed by atoms with Crippen molar-refractivity contribution in [1.82, 2.24) is 14.5 Å². The first-order chi connectivity index (χ1) is 11.4. The molecular formula is C16H22FN3O3S. The summed E-state index contributed by atoms with van der Waals surface area (Å²) in [6, 6.07) is 4.82. The number of piperazine rings is 1. The number of benzene rings is 1. The van der Waals surface area contributed by atoms with Crippen LogP contribution < -0.4 is 5.32 Å². The normalized spacial score (nSPS) is 21.3. The summed E-state index contributed by atoms with van der Waals surface area (Å²) in [4.78, 5) is 14.3. The standard InChI is InChI=1S/C16H22FN3O3S/c1-12(13-10-18-11-13)16(21)19-6-8-20(9-7-19)24(22,23)15-4-2-14(17)3-5-15/h2-5,12-13,18H,6-11H2,1H3. The maximum absolute atomic E-state index is 13.0. The van der Waals surface area contributed by atoms with Crippen LogP contribution in [0.3, 0.4) is 0 Å². The summed E-state index contributed by atoms with van der Waals surface area (Å²) in [5.41, 5.74) is 0. The fraction of sp³-hybridized carbons (Fsp3) is 0.562. The maximum Gasteiger partial charge on any atom is 0.243 e. The molecule has 2 fully saturated rings. The van der Waals surface area contributed by atoms with Crippen LogP contribution in [0.25, 0.3) is 0 Å². The van der Waals surface area contributed by atoms with Crippen molar-refractivity contribution in [3.05, 3.63) is 30.1 Å². The zero-order valence-corrected chi connectivity index (χ0v) is 14.4. The molecule has 2 saturated heterocycles. The number of nitrogens with one attached hydrogen (secondary N) is 1. The van der Waals surface area contributed by atoms with Crippen LogP contribution in [0.5, 0.6) is 0 Å². The molecule has 1 amide bonds. The molecule has 1 aromatic rings. The number of rotatable bonds is 4. The molecule has 0 aliphatic carbocycles. The summed E-state index contributed by atoms with van der Waals surface area (Å²) in [5, 5.41) is 3.16. The number of amides is 1. The van der Waals surface area contributed by atoms with Crippen LogP contribution in [0.15, 0.2) is 29.2 Å². The minimum absolute atomic E-state index is 0.0356. The Kier molecular flexibility index (Phi) is 4.89. The second-order valence-corrected chi connectivity index (χ2v) is 8.33. The van der Waals surface area contributed by atoms with E-state index in [-0.39, 0.29) is 29.8 Å². The number of sulfonamides is 1. The summed E-state index contributed by atoms with van der Waals surface area (Å²) < 4.78 is 39.5. The molecule has 132 valence electrons. The van der Waals surface area contributed by atoms with Crippen molar-refractivity contribution in [2.45, 2.75) is 11.8 Å². The van der Waals surface area contributed by atoms with Crippen LogP contribution in [-0.2, 0) is 14.8 Å². The lowest BCUT2D eigenvalue weighted by atomic mass is 9.88. The molecule has 1 unspecified atom stereocenters. The highest BCUT2D eigenvalue weighted by Gasteiger charge is 2.35. The third-order valence-corrected chi connectivity index (χ3v) is 6.82. The van der Waals surface area contributed by atoms with Crippen molar-refractivity contribution in [3.8, 4) is 0 Å². The van der Waals surface area contributed by atoms with Gasteiger partial charge in [0.25, 0.3) is 0 Å². The molecule has 2 aliphatic heterocycles. The molecule has 6 nitrogen and oxygen atoms in total. The van der Waals surface area contributed by atoms with E-state index in [0.29, 0.717) is 19.0 Å². The fourth-order valence-corrected chi connectivity index (χ4v) is 4.48. The molecular weight excluding hydrogens is 333 g/mol. The lowest BCUT2D eigenvalue weighted by Gasteiger charge is -2.38. The van der Waals surface area contributed by atoms with Gasteiger partial charge in [0.15, 0.2) is 0 Å². The van der Waals surface area contributed by atoms with E-state index in [1.54, 1.807) is 4.90 Å². The molecule has 0 aromatic heterocycles. The highest BCUT2D eigenvalue weighted by atomic mass is 32.2. The Bertz CT molecular complexity index is 696. The molecule has 2 heterocycles. The Morgan fingerprint density at radius 1 is 1.17 bits per heavy atom. The number of hydrogen-bond donors (Lipinski definition) is 1. The summed E-state index contributed by atoms with van der Waals surface area (Å²) in [6.07, 6.45) is 0. The molecule has 3 rings (SSSR count). The van der Waals surface area contributed by atoms with Gasteiger partial charge in [-0.1, -0.05) is 6.92 Å².